The summed E-state index contributed by atoms with van der Waals surface area (Å²) in [7, 11) is 0. The van der Waals surface area contributed by atoms with Gasteiger partial charge in [0.05, 0.1) is 12.1 Å². The molecule has 0 radical (unpaired) electrons. The normalized spacial score (nSPS) is 15.8. The number of fused-ring (bicyclic) bond motifs is 1. The minimum atomic E-state index is 0.0571. The number of hydrogen-bond acceptors (Lipinski definition) is 4. The van der Waals surface area contributed by atoms with Gasteiger partial charge in [-0.15, -0.1) is 0 Å². The van der Waals surface area contributed by atoms with Crippen molar-refractivity contribution < 1.29 is 4.79 Å². The van der Waals surface area contributed by atoms with Crippen LogP contribution in [0.25, 0.3) is 10.9 Å². The second kappa shape index (κ2) is 4.18. The molecular formula is C13H14N4O. The standard InChI is InChI=1S/C13H14N4O/c14-9-1-2-10-11(7-9)15-4-3-12(10)17-6-5-16-13(18)8-17/h1-4,7H,5-6,8,14H2,(H,16,18). The van der Waals surface area contributed by atoms with E-state index in [0.717, 1.165) is 23.1 Å². The number of amides is 1. The summed E-state index contributed by atoms with van der Waals surface area (Å²) >= 11 is 0. The molecule has 0 bridgehead atoms. The smallest absolute Gasteiger partial charge is 0.239 e. The fraction of sp³-hybridized carbons (Fsp3) is 0.231. The number of rotatable bonds is 1. The van der Waals surface area contributed by atoms with Crippen molar-refractivity contribution in [3.63, 3.8) is 0 Å². The highest BCUT2D eigenvalue weighted by Gasteiger charge is 2.18. The molecule has 1 fully saturated rings. The third-order valence-corrected chi connectivity index (χ3v) is 3.12. The Balaban J connectivity index is 2.08. The lowest BCUT2D eigenvalue weighted by molar-refractivity contribution is -0.120. The Kier molecular flexibility index (Phi) is 2.51. The van der Waals surface area contributed by atoms with Crippen LogP contribution in [0.1, 0.15) is 0 Å². The number of anilines is 2. The highest BCUT2D eigenvalue weighted by Crippen LogP contribution is 2.26. The Labute approximate surface area is 105 Å². The van der Waals surface area contributed by atoms with E-state index in [2.05, 4.69) is 15.2 Å². The Morgan fingerprint density at radius 3 is 3.06 bits per heavy atom. The van der Waals surface area contributed by atoms with Gasteiger partial charge in [-0.2, -0.15) is 0 Å². The summed E-state index contributed by atoms with van der Waals surface area (Å²) in [6.45, 7) is 1.89. The number of piperazine rings is 1. The second-order valence-corrected chi connectivity index (χ2v) is 4.38. The largest absolute Gasteiger partial charge is 0.399 e. The van der Waals surface area contributed by atoms with E-state index in [1.165, 1.54) is 0 Å². The van der Waals surface area contributed by atoms with Crippen LogP contribution in [0.5, 0.6) is 0 Å². The van der Waals surface area contributed by atoms with Crippen molar-refractivity contribution in [1.82, 2.24) is 10.3 Å². The van der Waals surface area contributed by atoms with Gasteiger partial charge in [-0.05, 0) is 24.3 Å². The summed E-state index contributed by atoms with van der Waals surface area (Å²) < 4.78 is 0. The Morgan fingerprint density at radius 2 is 2.22 bits per heavy atom. The second-order valence-electron chi connectivity index (χ2n) is 4.38. The molecule has 0 unspecified atom stereocenters. The summed E-state index contributed by atoms with van der Waals surface area (Å²) in [4.78, 5) is 17.8. The van der Waals surface area contributed by atoms with Crippen LogP contribution in [0.15, 0.2) is 30.5 Å². The minimum absolute atomic E-state index is 0.0571. The van der Waals surface area contributed by atoms with Crippen molar-refractivity contribution >= 4 is 28.2 Å². The zero-order chi connectivity index (χ0) is 12.5. The van der Waals surface area contributed by atoms with Crippen LogP contribution >= 0.6 is 0 Å². The number of carbonyl (C=O) groups excluding carboxylic acids is 1. The van der Waals surface area contributed by atoms with E-state index < -0.39 is 0 Å². The molecule has 5 nitrogen and oxygen atoms in total. The van der Waals surface area contributed by atoms with Crippen molar-refractivity contribution in [3.05, 3.63) is 30.5 Å². The molecule has 0 saturated carbocycles. The van der Waals surface area contributed by atoms with Gasteiger partial charge in [-0.3, -0.25) is 9.78 Å². The van der Waals surface area contributed by atoms with Crippen LogP contribution in [-0.2, 0) is 4.79 Å². The number of nitrogen functional groups attached to an aromatic ring is 1. The van der Waals surface area contributed by atoms with Gasteiger partial charge >= 0.3 is 0 Å². The van der Waals surface area contributed by atoms with Crippen molar-refractivity contribution in [2.45, 2.75) is 0 Å². The van der Waals surface area contributed by atoms with Crippen LogP contribution in [0.2, 0.25) is 0 Å². The Morgan fingerprint density at radius 1 is 1.33 bits per heavy atom. The summed E-state index contributed by atoms with van der Waals surface area (Å²) in [5, 5.41) is 3.85. The summed E-state index contributed by atoms with van der Waals surface area (Å²) in [6, 6.07) is 7.61. The molecule has 0 spiro atoms. The maximum atomic E-state index is 11.4. The molecular weight excluding hydrogens is 228 g/mol. The van der Waals surface area contributed by atoms with Gasteiger partial charge in [0.15, 0.2) is 0 Å². The molecule has 1 aliphatic heterocycles. The summed E-state index contributed by atoms with van der Waals surface area (Å²) in [5.41, 5.74) is 8.35. The molecule has 1 saturated heterocycles. The van der Waals surface area contributed by atoms with E-state index in [1.807, 2.05) is 24.3 Å². The van der Waals surface area contributed by atoms with Crippen molar-refractivity contribution in [2.24, 2.45) is 0 Å². The Hall–Kier alpha value is -2.30. The predicted molar refractivity (Wildman–Crippen MR) is 71.4 cm³/mol. The van der Waals surface area contributed by atoms with Crippen molar-refractivity contribution in [1.29, 1.82) is 0 Å². The summed E-state index contributed by atoms with van der Waals surface area (Å²) in [6.07, 6.45) is 1.75. The third-order valence-electron chi connectivity index (χ3n) is 3.12. The number of nitrogens with one attached hydrogen (secondary N) is 1. The first-order valence-electron chi connectivity index (χ1n) is 5.90. The SMILES string of the molecule is Nc1ccc2c(N3CCNC(=O)C3)ccnc2c1. The topological polar surface area (TPSA) is 71.2 Å². The number of aromatic nitrogens is 1. The zero-order valence-electron chi connectivity index (χ0n) is 9.89. The van der Waals surface area contributed by atoms with Crippen molar-refractivity contribution in [3.8, 4) is 0 Å². The van der Waals surface area contributed by atoms with Gasteiger partial charge in [0.25, 0.3) is 0 Å². The number of carbonyl (C=O) groups is 1. The molecule has 0 aliphatic carbocycles. The molecule has 1 aliphatic rings. The molecule has 0 atom stereocenters. The molecule has 2 heterocycles. The van der Waals surface area contributed by atoms with E-state index in [1.54, 1.807) is 6.20 Å². The molecule has 1 aromatic carbocycles. The van der Waals surface area contributed by atoms with E-state index in [-0.39, 0.29) is 5.91 Å². The molecule has 18 heavy (non-hydrogen) atoms. The lowest BCUT2D eigenvalue weighted by Gasteiger charge is -2.29. The Bertz CT molecular complexity index is 611. The lowest BCUT2D eigenvalue weighted by Crippen LogP contribution is -2.47. The van der Waals surface area contributed by atoms with Crippen LogP contribution in [-0.4, -0.2) is 30.5 Å². The maximum absolute atomic E-state index is 11.4. The average molecular weight is 242 g/mol. The molecule has 1 amide bonds. The first kappa shape index (κ1) is 10.8. The van der Waals surface area contributed by atoms with Gasteiger partial charge in [-0.1, -0.05) is 0 Å². The third kappa shape index (κ3) is 1.84. The first-order valence-corrected chi connectivity index (χ1v) is 5.90. The van der Waals surface area contributed by atoms with Gasteiger partial charge in [0.1, 0.15) is 0 Å². The van der Waals surface area contributed by atoms with Crippen LogP contribution in [0.3, 0.4) is 0 Å². The summed E-state index contributed by atoms with van der Waals surface area (Å²) in [5.74, 6) is 0.0571. The minimum Gasteiger partial charge on any atom is -0.399 e. The van der Waals surface area contributed by atoms with Gasteiger partial charge < -0.3 is 16.0 Å². The van der Waals surface area contributed by atoms with Gasteiger partial charge in [-0.25, -0.2) is 0 Å². The van der Waals surface area contributed by atoms with Crippen molar-refractivity contribution in [2.75, 3.05) is 30.3 Å². The van der Waals surface area contributed by atoms with E-state index >= 15 is 0 Å². The quantitative estimate of drug-likeness (QED) is 0.724. The van der Waals surface area contributed by atoms with Gasteiger partial charge in [0, 0.05) is 36.0 Å². The van der Waals surface area contributed by atoms with Gasteiger partial charge in [0.2, 0.25) is 5.91 Å². The average Bonchev–Trinajstić information content (AvgIpc) is 2.37. The molecule has 1 aromatic heterocycles. The molecule has 92 valence electrons. The molecule has 3 N–H and O–H groups in total. The van der Waals surface area contributed by atoms with E-state index in [9.17, 15) is 4.79 Å². The highest BCUT2D eigenvalue weighted by molar-refractivity contribution is 5.95. The molecule has 3 rings (SSSR count). The predicted octanol–water partition coefficient (Wildman–Crippen LogP) is 0.753. The molecule has 2 aromatic rings. The van der Waals surface area contributed by atoms with E-state index in [4.69, 9.17) is 5.73 Å². The number of benzene rings is 1. The monoisotopic (exact) mass is 242 g/mol. The van der Waals surface area contributed by atoms with E-state index in [0.29, 0.717) is 18.8 Å². The van der Waals surface area contributed by atoms with Crippen LogP contribution in [0, 0.1) is 0 Å². The lowest BCUT2D eigenvalue weighted by atomic mass is 10.1. The first-order chi connectivity index (χ1) is 8.74. The molecule has 5 heteroatoms. The van der Waals surface area contributed by atoms with Crippen LogP contribution < -0.4 is 16.0 Å². The number of nitrogens with two attached hydrogens (primary N) is 1. The maximum Gasteiger partial charge on any atom is 0.239 e. The highest BCUT2D eigenvalue weighted by atomic mass is 16.2. The fourth-order valence-electron chi connectivity index (χ4n) is 2.27. The fourth-order valence-corrected chi connectivity index (χ4v) is 2.27. The number of nitrogens with zero attached hydrogens (tertiary/aromatic N) is 2. The van der Waals surface area contributed by atoms with Crippen LogP contribution in [0.4, 0.5) is 11.4 Å². The number of pyridine rings is 1. The zero-order valence-corrected chi connectivity index (χ0v) is 9.89. The number of hydrogen-bond donors (Lipinski definition) is 2.